The molecule has 90 valence electrons. The van der Waals surface area contributed by atoms with Gasteiger partial charge in [0.05, 0.1) is 12.5 Å². The van der Waals surface area contributed by atoms with Crippen molar-refractivity contribution in [1.29, 1.82) is 0 Å². The number of nitrogens with zero attached hydrogens (tertiary/aromatic N) is 4. The molecule has 3 aromatic rings. The molecule has 2 heterocycles. The maximum Gasteiger partial charge on any atom is 0.181 e. The number of aryl methyl sites for hydroxylation is 3. The van der Waals surface area contributed by atoms with E-state index in [0.717, 1.165) is 22.6 Å². The topological polar surface area (TPSA) is 43.6 Å². The van der Waals surface area contributed by atoms with E-state index in [1.54, 1.807) is 6.33 Å². The fraction of sp³-hybridized carbons (Fsp3) is 0.214. The van der Waals surface area contributed by atoms with Crippen molar-refractivity contribution in [3.8, 4) is 11.4 Å². The van der Waals surface area contributed by atoms with E-state index in [0.29, 0.717) is 0 Å². The Morgan fingerprint density at radius 2 is 1.94 bits per heavy atom. The van der Waals surface area contributed by atoms with Gasteiger partial charge in [0.15, 0.2) is 11.5 Å². The highest BCUT2D eigenvalue weighted by Gasteiger charge is 2.08. The molecule has 0 fully saturated rings. The molecule has 0 radical (unpaired) electrons. The van der Waals surface area contributed by atoms with Gasteiger partial charge in [-0.15, -0.1) is 0 Å². The van der Waals surface area contributed by atoms with Crippen LogP contribution in [0.2, 0.25) is 0 Å². The van der Waals surface area contributed by atoms with Crippen molar-refractivity contribution >= 4 is 11.2 Å². The summed E-state index contributed by atoms with van der Waals surface area (Å²) in [6.07, 6.45) is 3.58. The molecule has 0 unspecified atom stereocenters. The molecule has 0 N–H and O–H groups in total. The number of hydrogen-bond acceptors (Lipinski definition) is 3. The molecule has 0 spiro atoms. The molecule has 18 heavy (non-hydrogen) atoms. The highest BCUT2D eigenvalue weighted by Crippen LogP contribution is 2.22. The third-order valence-corrected chi connectivity index (χ3v) is 3.12. The van der Waals surface area contributed by atoms with Crippen molar-refractivity contribution in [3.63, 3.8) is 0 Å². The zero-order chi connectivity index (χ0) is 12.7. The van der Waals surface area contributed by atoms with E-state index in [4.69, 9.17) is 0 Å². The molecular formula is C14H14N4. The minimum absolute atomic E-state index is 0.738. The van der Waals surface area contributed by atoms with E-state index in [2.05, 4.69) is 47.0 Å². The molecule has 0 amide bonds. The van der Waals surface area contributed by atoms with Gasteiger partial charge < -0.3 is 4.57 Å². The van der Waals surface area contributed by atoms with Gasteiger partial charge in [-0.1, -0.05) is 17.7 Å². The predicted octanol–water partition coefficient (Wildman–Crippen LogP) is 2.65. The first-order valence-electron chi connectivity index (χ1n) is 5.87. The second-order valence-corrected chi connectivity index (χ2v) is 4.58. The summed E-state index contributed by atoms with van der Waals surface area (Å²) >= 11 is 0. The zero-order valence-corrected chi connectivity index (χ0v) is 10.7. The maximum absolute atomic E-state index is 4.53. The lowest BCUT2D eigenvalue weighted by molar-refractivity contribution is 0.944. The van der Waals surface area contributed by atoms with Gasteiger partial charge in [0.25, 0.3) is 0 Å². The van der Waals surface area contributed by atoms with Gasteiger partial charge in [-0.25, -0.2) is 15.0 Å². The first-order valence-corrected chi connectivity index (χ1v) is 5.87. The van der Waals surface area contributed by atoms with Gasteiger partial charge in [0.2, 0.25) is 0 Å². The predicted molar refractivity (Wildman–Crippen MR) is 71.2 cm³/mol. The highest BCUT2D eigenvalue weighted by molar-refractivity contribution is 5.73. The smallest absolute Gasteiger partial charge is 0.181 e. The van der Waals surface area contributed by atoms with Crippen LogP contribution in [0.1, 0.15) is 11.1 Å². The van der Waals surface area contributed by atoms with Crippen LogP contribution in [-0.2, 0) is 7.05 Å². The van der Waals surface area contributed by atoms with Crippen molar-refractivity contribution in [2.45, 2.75) is 13.8 Å². The number of fused-ring (bicyclic) bond motifs is 1. The Morgan fingerprint density at radius 3 is 2.78 bits per heavy atom. The summed E-state index contributed by atoms with van der Waals surface area (Å²) in [6.45, 7) is 4.14. The van der Waals surface area contributed by atoms with Gasteiger partial charge in [0.1, 0.15) is 5.52 Å². The Hall–Kier alpha value is -2.23. The van der Waals surface area contributed by atoms with E-state index < -0.39 is 0 Å². The molecular weight excluding hydrogens is 224 g/mol. The molecule has 0 saturated carbocycles. The normalized spacial score (nSPS) is 11.1. The third-order valence-electron chi connectivity index (χ3n) is 3.12. The first kappa shape index (κ1) is 10.9. The second kappa shape index (κ2) is 3.91. The van der Waals surface area contributed by atoms with Crippen LogP contribution in [0.3, 0.4) is 0 Å². The minimum atomic E-state index is 0.738. The zero-order valence-electron chi connectivity index (χ0n) is 10.7. The van der Waals surface area contributed by atoms with Gasteiger partial charge in [-0.05, 0) is 25.5 Å². The lowest BCUT2D eigenvalue weighted by atomic mass is 10.1. The largest absolute Gasteiger partial charge is 0.331 e. The van der Waals surface area contributed by atoms with Crippen LogP contribution in [0.15, 0.2) is 30.7 Å². The summed E-state index contributed by atoms with van der Waals surface area (Å²) in [5, 5.41) is 0. The molecule has 0 saturated heterocycles. The summed E-state index contributed by atoms with van der Waals surface area (Å²) in [7, 11) is 1.94. The van der Waals surface area contributed by atoms with E-state index in [-0.39, 0.29) is 0 Å². The SMILES string of the molecule is Cc1ccc(C)c(-c2ncc3c(ncn3C)n2)c1. The lowest BCUT2D eigenvalue weighted by Crippen LogP contribution is -1.94. The van der Waals surface area contributed by atoms with Crippen LogP contribution in [-0.4, -0.2) is 19.5 Å². The van der Waals surface area contributed by atoms with Crippen molar-refractivity contribution in [1.82, 2.24) is 19.5 Å². The van der Waals surface area contributed by atoms with E-state index in [1.807, 2.05) is 17.8 Å². The number of aromatic nitrogens is 4. The molecule has 3 rings (SSSR count). The number of hydrogen-bond donors (Lipinski definition) is 0. The minimum Gasteiger partial charge on any atom is -0.331 e. The van der Waals surface area contributed by atoms with Crippen LogP contribution in [0.5, 0.6) is 0 Å². The average molecular weight is 238 g/mol. The molecule has 0 bridgehead atoms. The molecule has 0 aliphatic carbocycles. The molecule has 4 heteroatoms. The Balaban J connectivity index is 2.22. The van der Waals surface area contributed by atoms with Crippen LogP contribution in [0.25, 0.3) is 22.6 Å². The molecule has 0 aliphatic rings. The van der Waals surface area contributed by atoms with Gasteiger partial charge in [0, 0.05) is 12.6 Å². The Labute approximate surface area is 105 Å². The molecule has 4 nitrogen and oxygen atoms in total. The van der Waals surface area contributed by atoms with Crippen LogP contribution < -0.4 is 0 Å². The van der Waals surface area contributed by atoms with Crippen LogP contribution >= 0.6 is 0 Å². The molecule has 0 aliphatic heterocycles. The van der Waals surface area contributed by atoms with E-state index in [9.17, 15) is 0 Å². The molecule has 1 aromatic carbocycles. The summed E-state index contributed by atoms with van der Waals surface area (Å²) in [6, 6.07) is 6.30. The average Bonchev–Trinajstić information content (AvgIpc) is 2.74. The Bertz CT molecular complexity index is 728. The lowest BCUT2D eigenvalue weighted by Gasteiger charge is -2.05. The second-order valence-electron chi connectivity index (χ2n) is 4.58. The van der Waals surface area contributed by atoms with Crippen molar-refractivity contribution in [2.75, 3.05) is 0 Å². The quantitative estimate of drug-likeness (QED) is 0.654. The third kappa shape index (κ3) is 1.66. The van der Waals surface area contributed by atoms with E-state index in [1.165, 1.54) is 11.1 Å². The summed E-state index contributed by atoms with van der Waals surface area (Å²) in [4.78, 5) is 13.2. The Morgan fingerprint density at radius 1 is 1.11 bits per heavy atom. The number of rotatable bonds is 1. The molecule has 2 aromatic heterocycles. The standard InChI is InChI=1S/C14H14N4/c1-9-4-5-10(2)11(6-9)13-15-7-12-14(17-13)16-8-18(12)3/h4-8H,1-3H3. The van der Waals surface area contributed by atoms with Gasteiger partial charge in [-0.3, -0.25) is 0 Å². The Kier molecular flexibility index (Phi) is 2.37. The van der Waals surface area contributed by atoms with Crippen molar-refractivity contribution in [3.05, 3.63) is 41.9 Å². The fourth-order valence-electron chi connectivity index (χ4n) is 2.02. The van der Waals surface area contributed by atoms with Crippen LogP contribution in [0.4, 0.5) is 0 Å². The summed E-state index contributed by atoms with van der Waals surface area (Å²) in [5.74, 6) is 0.738. The summed E-state index contributed by atoms with van der Waals surface area (Å²) in [5.41, 5.74) is 5.14. The monoisotopic (exact) mass is 238 g/mol. The fourth-order valence-corrected chi connectivity index (χ4v) is 2.02. The van der Waals surface area contributed by atoms with Gasteiger partial charge in [-0.2, -0.15) is 0 Å². The maximum atomic E-state index is 4.53. The summed E-state index contributed by atoms with van der Waals surface area (Å²) < 4.78 is 1.92. The number of benzene rings is 1. The van der Waals surface area contributed by atoms with Crippen molar-refractivity contribution in [2.24, 2.45) is 7.05 Å². The van der Waals surface area contributed by atoms with Crippen molar-refractivity contribution < 1.29 is 0 Å². The first-order chi connectivity index (χ1) is 8.65. The molecule has 0 atom stereocenters. The van der Waals surface area contributed by atoms with Crippen LogP contribution in [0, 0.1) is 13.8 Å². The number of imidazole rings is 1. The van der Waals surface area contributed by atoms with E-state index >= 15 is 0 Å². The highest BCUT2D eigenvalue weighted by atomic mass is 15.1. The van der Waals surface area contributed by atoms with Gasteiger partial charge >= 0.3 is 0 Å².